The van der Waals surface area contributed by atoms with Gasteiger partial charge in [0.25, 0.3) is 0 Å². The van der Waals surface area contributed by atoms with Crippen LogP contribution in [0, 0.1) is 5.41 Å². The molecule has 84 valence electrons. The average molecular weight is 216 g/mol. The van der Waals surface area contributed by atoms with Gasteiger partial charge in [0.15, 0.2) is 0 Å². The van der Waals surface area contributed by atoms with Crippen molar-refractivity contribution in [1.82, 2.24) is 0 Å². The zero-order valence-corrected chi connectivity index (χ0v) is 9.87. The Balaban J connectivity index is 2.46. The SMILES string of the molecule is CC(C)(C)C1=Cc2cccc(C(=O)O)c2C1. The van der Waals surface area contributed by atoms with Crippen LogP contribution >= 0.6 is 0 Å². The first kappa shape index (κ1) is 10.9. The lowest BCUT2D eigenvalue weighted by Crippen LogP contribution is -2.10. The van der Waals surface area contributed by atoms with Crippen molar-refractivity contribution in [1.29, 1.82) is 0 Å². The van der Waals surface area contributed by atoms with E-state index < -0.39 is 5.97 Å². The van der Waals surface area contributed by atoms with Crippen LogP contribution in [0.2, 0.25) is 0 Å². The van der Waals surface area contributed by atoms with E-state index in [1.165, 1.54) is 5.57 Å². The van der Waals surface area contributed by atoms with Crippen LogP contribution in [0.1, 0.15) is 42.3 Å². The van der Waals surface area contributed by atoms with Crippen molar-refractivity contribution in [2.75, 3.05) is 0 Å². The summed E-state index contributed by atoms with van der Waals surface area (Å²) >= 11 is 0. The Kier molecular flexibility index (Phi) is 2.38. The Morgan fingerprint density at radius 2 is 2.00 bits per heavy atom. The van der Waals surface area contributed by atoms with Gasteiger partial charge < -0.3 is 5.11 Å². The highest BCUT2D eigenvalue weighted by molar-refractivity contribution is 5.91. The molecule has 2 heteroatoms. The molecule has 1 aliphatic carbocycles. The van der Waals surface area contributed by atoms with Gasteiger partial charge in [0, 0.05) is 0 Å². The number of carboxylic acid groups (broad SMARTS) is 1. The maximum absolute atomic E-state index is 11.1. The molecule has 0 aliphatic heterocycles. The fraction of sp³-hybridized carbons (Fsp3) is 0.357. The van der Waals surface area contributed by atoms with Crippen molar-refractivity contribution in [2.45, 2.75) is 27.2 Å². The molecule has 0 heterocycles. The number of benzene rings is 1. The third kappa shape index (κ3) is 1.75. The van der Waals surface area contributed by atoms with Crippen LogP contribution < -0.4 is 0 Å². The maximum atomic E-state index is 11.1. The molecule has 0 spiro atoms. The van der Waals surface area contributed by atoms with E-state index in [2.05, 4.69) is 26.8 Å². The van der Waals surface area contributed by atoms with Crippen molar-refractivity contribution in [3.63, 3.8) is 0 Å². The van der Waals surface area contributed by atoms with Crippen LogP contribution in [-0.4, -0.2) is 11.1 Å². The summed E-state index contributed by atoms with van der Waals surface area (Å²) in [7, 11) is 0. The van der Waals surface area contributed by atoms with E-state index in [0.717, 1.165) is 17.5 Å². The van der Waals surface area contributed by atoms with Crippen LogP contribution in [0.5, 0.6) is 0 Å². The summed E-state index contributed by atoms with van der Waals surface area (Å²) in [5, 5.41) is 9.11. The van der Waals surface area contributed by atoms with Gasteiger partial charge in [-0.05, 0) is 29.0 Å². The molecule has 0 radical (unpaired) electrons. The van der Waals surface area contributed by atoms with Gasteiger partial charge in [0.05, 0.1) is 5.56 Å². The standard InChI is InChI=1S/C14H16O2/c1-14(2,3)10-7-9-5-4-6-11(13(15)16)12(9)8-10/h4-7H,8H2,1-3H3,(H,15,16). The molecule has 0 aromatic heterocycles. The average Bonchev–Trinajstić information content (AvgIpc) is 2.59. The van der Waals surface area contributed by atoms with Gasteiger partial charge in [-0.25, -0.2) is 4.79 Å². The minimum Gasteiger partial charge on any atom is -0.478 e. The topological polar surface area (TPSA) is 37.3 Å². The second-order valence-electron chi connectivity index (χ2n) is 5.27. The Hall–Kier alpha value is -1.57. The van der Waals surface area contributed by atoms with E-state index in [-0.39, 0.29) is 5.41 Å². The van der Waals surface area contributed by atoms with Crippen LogP contribution in [0.3, 0.4) is 0 Å². The summed E-state index contributed by atoms with van der Waals surface area (Å²) in [5.41, 5.74) is 3.86. The molecule has 0 amide bonds. The molecular weight excluding hydrogens is 200 g/mol. The summed E-state index contributed by atoms with van der Waals surface area (Å²) in [6, 6.07) is 5.48. The van der Waals surface area contributed by atoms with Gasteiger partial charge in [-0.1, -0.05) is 44.6 Å². The maximum Gasteiger partial charge on any atom is 0.335 e. The second-order valence-corrected chi connectivity index (χ2v) is 5.27. The highest BCUT2D eigenvalue weighted by atomic mass is 16.4. The zero-order valence-electron chi connectivity index (χ0n) is 9.87. The number of fused-ring (bicyclic) bond motifs is 1. The third-order valence-corrected chi connectivity index (χ3v) is 3.10. The largest absolute Gasteiger partial charge is 0.478 e. The van der Waals surface area contributed by atoms with Crippen molar-refractivity contribution >= 4 is 12.0 Å². The first-order valence-corrected chi connectivity index (χ1v) is 5.46. The number of carbonyl (C=O) groups is 1. The van der Waals surface area contributed by atoms with Gasteiger partial charge in [-0.2, -0.15) is 0 Å². The lowest BCUT2D eigenvalue weighted by Gasteiger charge is -2.20. The smallest absolute Gasteiger partial charge is 0.335 e. The summed E-state index contributed by atoms with van der Waals surface area (Å²) in [5.74, 6) is -0.833. The molecule has 0 atom stereocenters. The zero-order chi connectivity index (χ0) is 11.9. The van der Waals surface area contributed by atoms with Crippen LogP contribution in [0.15, 0.2) is 23.8 Å². The number of rotatable bonds is 1. The highest BCUT2D eigenvalue weighted by Gasteiger charge is 2.25. The molecule has 1 aromatic rings. The van der Waals surface area contributed by atoms with Gasteiger partial charge in [0.2, 0.25) is 0 Å². The molecule has 0 fully saturated rings. The van der Waals surface area contributed by atoms with Crippen molar-refractivity contribution in [3.8, 4) is 0 Å². The summed E-state index contributed by atoms with van der Waals surface area (Å²) in [6.07, 6.45) is 2.89. The Morgan fingerprint density at radius 1 is 1.31 bits per heavy atom. The number of carboxylic acids is 1. The fourth-order valence-electron chi connectivity index (χ4n) is 2.05. The number of hydrogen-bond donors (Lipinski definition) is 1. The van der Waals surface area contributed by atoms with Gasteiger partial charge >= 0.3 is 5.97 Å². The predicted octanol–water partition coefficient (Wildman–Crippen LogP) is 3.37. The van der Waals surface area contributed by atoms with Gasteiger partial charge in [-0.15, -0.1) is 0 Å². The van der Waals surface area contributed by atoms with Crippen molar-refractivity contribution < 1.29 is 9.90 Å². The lowest BCUT2D eigenvalue weighted by atomic mass is 9.85. The molecule has 0 saturated carbocycles. The van der Waals surface area contributed by atoms with E-state index in [9.17, 15) is 4.79 Å². The summed E-state index contributed by atoms with van der Waals surface area (Å²) in [4.78, 5) is 11.1. The molecule has 0 unspecified atom stereocenters. The van der Waals surface area contributed by atoms with Crippen molar-refractivity contribution in [2.24, 2.45) is 5.41 Å². The summed E-state index contributed by atoms with van der Waals surface area (Å²) in [6.45, 7) is 6.47. The van der Waals surface area contributed by atoms with E-state index in [1.807, 2.05) is 12.1 Å². The Labute approximate surface area is 95.6 Å². The highest BCUT2D eigenvalue weighted by Crippen LogP contribution is 2.37. The minimum absolute atomic E-state index is 0.106. The molecule has 2 nitrogen and oxygen atoms in total. The fourth-order valence-corrected chi connectivity index (χ4v) is 2.05. The van der Waals surface area contributed by atoms with Crippen LogP contribution in [-0.2, 0) is 6.42 Å². The van der Waals surface area contributed by atoms with E-state index in [4.69, 9.17) is 5.11 Å². The molecule has 2 rings (SSSR count). The van der Waals surface area contributed by atoms with Gasteiger partial charge in [-0.3, -0.25) is 0 Å². The molecule has 0 saturated heterocycles. The normalized spacial score (nSPS) is 14.6. The monoisotopic (exact) mass is 216 g/mol. The molecule has 1 aliphatic rings. The number of hydrogen-bond acceptors (Lipinski definition) is 1. The Bertz CT molecular complexity index is 476. The quantitative estimate of drug-likeness (QED) is 0.781. The molecule has 16 heavy (non-hydrogen) atoms. The van der Waals surface area contributed by atoms with E-state index >= 15 is 0 Å². The minimum atomic E-state index is -0.833. The van der Waals surface area contributed by atoms with Crippen LogP contribution in [0.25, 0.3) is 6.08 Å². The van der Waals surface area contributed by atoms with E-state index in [1.54, 1.807) is 6.07 Å². The predicted molar refractivity (Wildman–Crippen MR) is 64.5 cm³/mol. The first-order valence-electron chi connectivity index (χ1n) is 5.46. The second kappa shape index (κ2) is 3.48. The number of allylic oxidation sites excluding steroid dienone is 1. The molecular formula is C14H16O2. The third-order valence-electron chi connectivity index (χ3n) is 3.10. The van der Waals surface area contributed by atoms with E-state index in [0.29, 0.717) is 5.56 Å². The molecule has 1 N–H and O–H groups in total. The lowest BCUT2D eigenvalue weighted by molar-refractivity contribution is 0.0696. The van der Waals surface area contributed by atoms with Crippen molar-refractivity contribution in [3.05, 3.63) is 40.5 Å². The molecule has 0 bridgehead atoms. The van der Waals surface area contributed by atoms with Crippen LogP contribution in [0.4, 0.5) is 0 Å². The Morgan fingerprint density at radius 3 is 2.56 bits per heavy atom. The summed E-state index contributed by atoms with van der Waals surface area (Å²) < 4.78 is 0. The first-order chi connectivity index (χ1) is 7.39. The number of aromatic carboxylic acids is 1. The molecule has 1 aromatic carbocycles. The van der Waals surface area contributed by atoms with Gasteiger partial charge in [0.1, 0.15) is 0 Å².